The summed E-state index contributed by atoms with van der Waals surface area (Å²) >= 11 is 0. The summed E-state index contributed by atoms with van der Waals surface area (Å²) in [6.07, 6.45) is 0.857. The Morgan fingerprint density at radius 1 is 1.11 bits per heavy atom. The Morgan fingerprint density at radius 2 is 1.93 bits per heavy atom. The summed E-state index contributed by atoms with van der Waals surface area (Å²) in [5, 5.41) is 7.14. The summed E-state index contributed by atoms with van der Waals surface area (Å²) in [6.45, 7) is 7.03. The van der Waals surface area contributed by atoms with Gasteiger partial charge in [-0.05, 0) is 32.4 Å². The van der Waals surface area contributed by atoms with Crippen LogP contribution < -0.4 is 5.32 Å². The van der Waals surface area contributed by atoms with Crippen molar-refractivity contribution in [1.82, 2.24) is 19.6 Å². The van der Waals surface area contributed by atoms with Crippen LogP contribution in [0.3, 0.4) is 0 Å². The quantitative estimate of drug-likeness (QED) is 0.893. The lowest BCUT2D eigenvalue weighted by Crippen LogP contribution is -2.38. The van der Waals surface area contributed by atoms with Crippen molar-refractivity contribution in [1.29, 1.82) is 0 Å². The monoisotopic (exact) mass is 369 g/mol. The number of carbonyl (C=O) groups is 2. The first-order valence-electron chi connectivity index (χ1n) is 9.31. The van der Waals surface area contributed by atoms with Crippen LogP contribution in [0, 0.1) is 13.8 Å². The molecule has 2 heterocycles. The number of carbonyl (C=O) groups excluding carboxylic acids is 2. The molecule has 2 aromatic rings. The van der Waals surface area contributed by atoms with E-state index in [2.05, 4.69) is 15.3 Å². The van der Waals surface area contributed by atoms with E-state index in [0.29, 0.717) is 32.0 Å². The molecule has 0 unspecified atom stereocenters. The number of hydrogen-bond donors (Lipinski definition) is 1. The van der Waals surface area contributed by atoms with E-state index >= 15 is 0 Å². The maximum absolute atomic E-state index is 12.7. The average Bonchev–Trinajstić information content (AvgIpc) is 2.81. The normalized spacial score (nSPS) is 15.4. The molecule has 1 saturated heterocycles. The number of amides is 2. The molecule has 0 atom stereocenters. The van der Waals surface area contributed by atoms with Crippen molar-refractivity contribution in [2.45, 2.75) is 20.3 Å². The summed E-state index contributed by atoms with van der Waals surface area (Å²) in [5.74, 6) is 0.704. The molecule has 0 aliphatic carbocycles. The second-order valence-electron chi connectivity index (χ2n) is 7.13. The maximum Gasteiger partial charge on any atom is 0.253 e. The van der Waals surface area contributed by atoms with Crippen LogP contribution in [0.5, 0.6) is 0 Å². The van der Waals surface area contributed by atoms with E-state index in [4.69, 9.17) is 0 Å². The molecule has 0 spiro atoms. The highest BCUT2D eigenvalue weighted by molar-refractivity contribution is 5.94. The molecule has 144 valence electrons. The second-order valence-corrected chi connectivity index (χ2v) is 7.13. The van der Waals surface area contributed by atoms with Gasteiger partial charge >= 0.3 is 0 Å². The van der Waals surface area contributed by atoms with Crippen molar-refractivity contribution in [3.63, 3.8) is 0 Å². The molecular weight excluding hydrogens is 342 g/mol. The van der Waals surface area contributed by atoms with Crippen molar-refractivity contribution < 1.29 is 9.59 Å². The Hall–Kier alpha value is -2.67. The van der Waals surface area contributed by atoms with Gasteiger partial charge in [-0.1, -0.05) is 17.7 Å². The fourth-order valence-corrected chi connectivity index (χ4v) is 3.41. The topological polar surface area (TPSA) is 70.5 Å². The fraction of sp³-hybridized carbons (Fsp3) is 0.450. The lowest BCUT2D eigenvalue weighted by atomic mass is 10.1. The molecule has 0 bridgehead atoms. The largest absolute Gasteiger partial charge is 0.337 e. The van der Waals surface area contributed by atoms with E-state index in [1.165, 1.54) is 0 Å². The Bertz CT molecular complexity index is 830. The minimum absolute atomic E-state index is 0.0588. The van der Waals surface area contributed by atoms with E-state index in [0.717, 1.165) is 29.8 Å². The molecule has 27 heavy (non-hydrogen) atoms. The highest BCUT2D eigenvalue weighted by atomic mass is 16.2. The first-order valence-corrected chi connectivity index (χ1v) is 9.31. The third-order valence-corrected chi connectivity index (χ3v) is 4.78. The smallest absolute Gasteiger partial charge is 0.253 e. The summed E-state index contributed by atoms with van der Waals surface area (Å²) in [7, 11) is 1.81. The van der Waals surface area contributed by atoms with Crippen molar-refractivity contribution in [2.24, 2.45) is 7.05 Å². The van der Waals surface area contributed by atoms with Gasteiger partial charge in [0.25, 0.3) is 5.91 Å². The number of aryl methyl sites for hydroxylation is 3. The van der Waals surface area contributed by atoms with Crippen LogP contribution in [-0.4, -0.2) is 64.1 Å². The van der Waals surface area contributed by atoms with Gasteiger partial charge in [-0.2, -0.15) is 5.10 Å². The van der Waals surface area contributed by atoms with Gasteiger partial charge in [-0.15, -0.1) is 0 Å². The fourth-order valence-electron chi connectivity index (χ4n) is 3.41. The Balaban J connectivity index is 1.54. The van der Waals surface area contributed by atoms with Gasteiger partial charge in [0.05, 0.1) is 12.2 Å². The zero-order valence-electron chi connectivity index (χ0n) is 16.2. The Kier molecular flexibility index (Phi) is 5.91. The number of hydrogen-bond acceptors (Lipinski definition) is 4. The molecule has 1 N–H and O–H groups in total. The molecule has 7 nitrogen and oxygen atoms in total. The lowest BCUT2D eigenvalue weighted by molar-refractivity contribution is -0.117. The lowest BCUT2D eigenvalue weighted by Gasteiger charge is -2.22. The summed E-state index contributed by atoms with van der Waals surface area (Å²) in [6, 6.07) is 9.54. The van der Waals surface area contributed by atoms with E-state index in [-0.39, 0.29) is 11.8 Å². The number of aromatic nitrogens is 2. The maximum atomic E-state index is 12.7. The van der Waals surface area contributed by atoms with Crippen LogP contribution in [0.2, 0.25) is 0 Å². The van der Waals surface area contributed by atoms with Crippen LogP contribution in [0.25, 0.3) is 0 Å². The number of anilines is 1. The van der Waals surface area contributed by atoms with Crippen molar-refractivity contribution in [3.8, 4) is 0 Å². The molecule has 7 heteroatoms. The van der Waals surface area contributed by atoms with Gasteiger partial charge in [0, 0.05) is 44.9 Å². The molecule has 1 aliphatic heterocycles. The molecule has 1 aliphatic rings. The number of nitrogens with zero attached hydrogens (tertiary/aromatic N) is 4. The van der Waals surface area contributed by atoms with Crippen molar-refractivity contribution in [2.75, 3.05) is 38.0 Å². The highest BCUT2D eigenvalue weighted by Crippen LogP contribution is 2.12. The van der Waals surface area contributed by atoms with Crippen molar-refractivity contribution in [3.05, 3.63) is 47.2 Å². The van der Waals surface area contributed by atoms with Gasteiger partial charge in [-0.25, -0.2) is 0 Å². The van der Waals surface area contributed by atoms with E-state index in [9.17, 15) is 9.59 Å². The van der Waals surface area contributed by atoms with Gasteiger partial charge in [0.15, 0.2) is 0 Å². The molecular formula is C20H27N5O2. The van der Waals surface area contributed by atoms with Crippen molar-refractivity contribution >= 4 is 17.6 Å². The predicted molar refractivity (Wildman–Crippen MR) is 105 cm³/mol. The molecule has 1 fully saturated rings. The van der Waals surface area contributed by atoms with Crippen LogP contribution in [0.4, 0.5) is 5.82 Å². The van der Waals surface area contributed by atoms with Gasteiger partial charge < -0.3 is 10.2 Å². The van der Waals surface area contributed by atoms with E-state index < -0.39 is 0 Å². The minimum Gasteiger partial charge on any atom is -0.337 e. The summed E-state index contributed by atoms with van der Waals surface area (Å²) < 4.78 is 1.66. The number of benzene rings is 1. The molecule has 3 rings (SSSR count). The Morgan fingerprint density at radius 3 is 2.63 bits per heavy atom. The van der Waals surface area contributed by atoms with Gasteiger partial charge in [0.2, 0.25) is 5.91 Å². The van der Waals surface area contributed by atoms with E-state index in [1.807, 2.05) is 56.1 Å². The molecule has 1 aromatic carbocycles. The molecule has 0 saturated carbocycles. The molecule has 0 radical (unpaired) electrons. The van der Waals surface area contributed by atoms with Crippen LogP contribution >= 0.6 is 0 Å². The summed E-state index contributed by atoms with van der Waals surface area (Å²) in [4.78, 5) is 29.1. The predicted octanol–water partition coefficient (Wildman–Crippen LogP) is 1.82. The third kappa shape index (κ3) is 4.95. The van der Waals surface area contributed by atoms with Crippen LogP contribution in [0.15, 0.2) is 30.3 Å². The zero-order valence-corrected chi connectivity index (χ0v) is 16.2. The first-order chi connectivity index (χ1) is 12.9. The first kappa shape index (κ1) is 19.1. The summed E-state index contributed by atoms with van der Waals surface area (Å²) in [5.41, 5.74) is 2.68. The van der Waals surface area contributed by atoms with E-state index in [1.54, 1.807) is 4.68 Å². The van der Waals surface area contributed by atoms with Crippen LogP contribution in [-0.2, 0) is 11.8 Å². The highest BCUT2D eigenvalue weighted by Gasteiger charge is 2.21. The zero-order chi connectivity index (χ0) is 19.4. The standard InChI is InChI=1S/C20H27N5O2/c1-15-6-4-7-17(12-15)20(27)25-9-5-8-24(10-11-25)14-19(26)21-18-13-16(2)22-23(18)3/h4,6-7,12-13H,5,8-11,14H2,1-3H3,(H,21,26). The molecule has 1 aromatic heterocycles. The second kappa shape index (κ2) is 8.35. The average molecular weight is 369 g/mol. The van der Waals surface area contributed by atoms with Gasteiger partial charge in [-0.3, -0.25) is 19.2 Å². The molecule has 2 amide bonds. The minimum atomic E-state index is -0.0588. The SMILES string of the molecule is Cc1cccc(C(=O)N2CCCN(CC(=O)Nc3cc(C)nn3C)CC2)c1. The van der Waals surface area contributed by atoms with Crippen LogP contribution in [0.1, 0.15) is 28.0 Å². The Labute approximate surface area is 159 Å². The number of nitrogens with one attached hydrogen (secondary N) is 1. The number of rotatable bonds is 4. The third-order valence-electron chi connectivity index (χ3n) is 4.78. The van der Waals surface area contributed by atoms with Gasteiger partial charge in [0.1, 0.15) is 5.82 Å².